The summed E-state index contributed by atoms with van der Waals surface area (Å²) in [7, 11) is 0. The van der Waals surface area contributed by atoms with E-state index < -0.39 is 0 Å². The number of para-hydroxylation sites is 1. The topological polar surface area (TPSA) is 38.3 Å². The Hall–Kier alpha value is -3.09. The van der Waals surface area contributed by atoms with Crippen molar-refractivity contribution >= 4 is 34.7 Å². The monoisotopic (exact) mass is 435 g/mol. The molecule has 0 saturated carbocycles. The van der Waals surface area contributed by atoms with Crippen molar-refractivity contribution in [1.82, 2.24) is 0 Å². The van der Waals surface area contributed by atoms with Crippen molar-refractivity contribution in [3.63, 3.8) is 0 Å². The van der Waals surface area contributed by atoms with E-state index in [2.05, 4.69) is 5.32 Å². The Bertz CT molecular complexity index is 1140. The molecule has 6 heteroatoms. The summed E-state index contributed by atoms with van der Waals surface area (Å²) in [5.74, 6) is -0.0536. The van der Waals surface area contributed by atoms with E-state index in [1.807, 2.05) is 60.0 Å². The van der Waals surface area contributed by atoms with Crippen LogP contribution in [0.15, 0.2) is 100 Å². The lowest BCUT2D eigenvalue weighted by Gasteiger charge is -2.10. The SMILES string of the molecule is O=C(Nc1ccccc1Sc1ccccc1)c1cc(COc2cccc(F)c2)cs1. The minimum Gasteiger partial charge on any atom is -0.489 e. The van der Waals surface area contributed by atoms with Crippen molar-refractivity contribution in [1.29, 1.82) is 0 Å². The van der Waals surface area contributed by atoms with Gasteiger partial charge in [-0.15, -0.1) is 11.3 Å². The Kier molecular flexibility index (Phi) is 6.47. The van der Waals surface area contributed by atoms with Crippen LogP contribution in [-0.2, 0) is 6.61 Å². The standard InChI is InChI=1S/C24H18FNO2S2/c25-18-7-6-8-19(14-18)28-15-17-13-23(29-16-17)24(27)26-21-11-4-5-12-22(21)30-20-9-2-1-3-10-20/h1-14,16H,15H2,(H,26,27). The van der Waals surface area contributed by atoms with Crippen molar-refractivity contribution in [3.8, 4) is 5.75 Å². The maximum atomic E-state index is 13.2. The molecule has 0 fully saturated rings. The summed E-state index contributed by atoms with van der Waals surface area (Å²) >= 11 is 2.95. The number of hydrogen-bond acceptors (Lipinski definition) is 4. The number of rotatable bonds is 7. The summed E-state index contributed by atoms with van der Waals surface area (Å²) in [5.41, 5.74) is 1.63. The zero-order valence-corrected chi connectivity index (χ0v) is 17.5. The summed E-state index contributed by atoms with van der Waals surface area (Å²) in [6.45, 7) is 0.272. The summed E-state index contributed by atoms with van der Waals surface area (Å²) in [5, 5.41) is 4.88. The number of halogens is 1. The summed E-state index contributed by atoms with van der Waals surface area (Å²) in [6, 6.07) is 25.6. The van der Waals surface area contributed by atoms with Crippen molar-refractivity contribution < 1.29 is 13.9 Å². The normalized spacial score (nSPS) is 10.6. The predicted molar refractivity (Wildman–Crippen MR) is 120 cm³/mol. The zero-order valence-electron chi connectivity index (χ0n) is 15.9. The lowest BCUT2D eigenvalue weighted by Crippen LogP contribution is -2.10. The third-order valence-electron chi connectivity index (χ3n) is 4.19. The van der Waals surface area contributed by atoms with E-state index in [0.717, 1.165) is 21.0 Å². The smallest absolute Gasteiger partial charge is 0.265 e. The van der Waals surface area contributed by atoms with Gasteiger partial charge in [0, 0.05) is 21.4 Å². The molecule has 1 aromatic heterocycles. The Labute approximate surface area is 182 Å². The van der Waals surface area contributed by atoms with Gasteiger partial charge >= 0.3 is 0 Å². The molecule has 4 aromatic rings. The molecule has 1 heterocycles. The second-order valence-electron chi connectivity index (χ2n) is 6.43. The lowest BCUT2D eigenvalue weighted by molar-refractivity contribution is 0.103. The van der Waals surface area contributed by atoms with Crippen molar-refractivity contribution in [2.24, 2.45) is 0 Å². The van der Waals surface area contributed by atoms with Gasteiger partial charge in [0.25, 0.3) is 5.91 Å². The third kappa shape index (κ3) is 5.28. The average molecular weight is 436 g/mol. The number of carbonyl (C=O) groups is 1. The van der Waals surface area contributed by atoms with Gasteiger partial charge in [0.2, 0.25) is 0 Å². The highest BCUT2D eigenvalue weighted by Crippen LogP contribution is 2.33. The largest absolute Gasteiger partial charge is 0.489 e. The minimum absolute atomic E-state index is 0.168. The van der Waals surface area contributed by atoms with E-state index in [4.69, 9.17) is 4.74 Å². The predicted octanol–water partition coefficient (Wildman–Crippen LogP) is 6.87. The first-order valence-corrected chi connectivity index (χ1v) is 11.0. The number of carbonyl (C=O) groups excluding carboxylic acids is 1. The molecular weight excluding hydrogens is 417 g/mol. The van der Waals surface area contributed by atoms with E-state index in [0.29, 0.717) is 10.6 Å². The highest BCUT2D eigenvalue weighted by molar-refractivity contribution is 7.99. The molecule has 0 saturated heterocycles. The fourth-order valence-corrected chi connectivity index (χ4v) is 4.47. The van der Waals surface area contributed by atoms with Gasteiger partial charge in [-0.05, 0) is 47.8 Å². The number of amides is 1. The fraction of sp³-hybridized carbons (Fsp3) is 0.0417. The zero-order chi connectivity index (χ0) is 20.8. The highest BCUT2D eigenvalue weighted by Gasteiger charge is 2.13. The average Bonchev–Trinajstić information content (AvgIpc) is 3.24. The Morgan fingerprint density at radius 3 is 2.60 bits per heavy atom. The number of nitrogens with one attached hydrogen (secondary N) is 1. The molecule has 30 heavy (non-hydrogen) atoms. The molecule has 0 aliphatic rings. The molecule has 1 amide bonds. The number of thiophene rings is 1. The van der Waals surface area contributed by atoms with Gasteiger partial charge in [-0.25, -0.2) is 4.39 Å². The van der Waals surface area contributed by atoms with Crippen LogP contribution in [0.2, 0.25) is 0 Å². The first-order valence-electron chi connectivity index (χ1n) is 9.26. The Balaban J connectivity index is 1.41. The van der Waals surface area contributed by atoms with E-state index in [-0.39, 0.29) is 18.3 Å². The van der Waals surface area contributed by atoms with Gasteiger partial charge in [0.05, 0.1) is 10.6 Å². The lowest BCUT2D eigenvalue weighted by atomic mass is 10.3. The summed E-state index contributed by atoms with van der Waals surface area (Å²) < 4.78 is 18.8. The van der Waals surface area contributed by atoms with Gasteiger partial charge in [0.1, 0.15) is 18.2 Å². The number of anilines is 1. The van der Waals surface area contributed by atoms with Gasteiger partial charge in [-0.1, -0.05) is 48.2 Å². The Morgan fingerprint density at radius 2 is 1.77 bits per heavy atom. The molecule has 0 unspecified atom stereocenters. The molecular formula is C24H18FNO2S2. The highest BCUT2D eigenvalue weighted by atomic mass is 32.2. The first kappa shape index (κ1) is 20.2. The van der Waals surface area contributed by atoms with Gasteiger partial charge < -0.3 is 10.1 Å². The summed E-state index contributed by atoms with van der Waals surface area (Å²) in [4.78, 5) is 15.4. The van der Waals surface area contributed by atoms with E-state index in [9.17, 15) is 9.18 Å². The van der Waals surface area contributed by atoms with Crippen LogP contribution in [-0.4, -0.2) is 5.91 Å². The molecule has 0 atom stereocenters. The maximum absolute atomic E-state index is 13.2. The Morgan fingerprint density at radius 1 is 0.967 bits per heavy atom. The molecule has 0 spiro atoms. The summed E-state index contributed by atoms with van der Waals surface area (Å²) in [6.07, 6.45) is 0. The minimum atomic E-state index is -0.343. The van der Waals surface area contributed by atoms with Crippen molar-refractivity contribution in [3.05, 3.63) is 107 Å². The quantitative estimate of drug-likeness (QED) is 0.344. The van der Waals surface area contributed by atoms with Crippen molar-refractivity contribution in [2.45, 2.75) is 16.4 Å². The van der Waals surface area contributed by atoms with Gasteiger partial charge in [0.15, 0.2) is 0 Å². The van der Waals surface area contributed by atoms with Crippen LogP contribution in [0.4, 0.5) is 10.1 Å². The first-order chi connectivity index (χ1) is 14.7. The number of hydrogen-bond donors (Lipinski definition) is 1. The number of ether oxygens (including phenoxy) is 1. The molecule has 0 bridgehead atoms. The van der Waals surface area contributed by atoms with E-state index >= 15 is 0 Å². The molecule has 4 rings (SSSR count). The van der Waals surface area contributed by atoms with Crippen LogP contribution < -0.4 is 10.1 Å². The third-order valence-corrected chi connectivity index (χ3v) is 6.25. The molecule has 0 aliphatic carbocycles. The molecule has 0 radical (unpaired) electrons. The van der Waals surface area contributed by atoms with Crippen LogP contribution in [0.1, 0.15) is 15.2 Å². The van der Waals surface area contributed by atoms with Gasteiger partial charge in [-0.3, -0.25) is 4.79 Å². The van der Waals surface area contributed by atoms with Gasteiger partial charge in [-0.2, -0.15) is 0 Å². The van der Waals surface area contributed by atoms with Crippen LogP contribution in [0.25, 0.3) is 0 Å². The number of benzene rings is 3. The van der Waals surface area contributed by atoms with Crippen LogP contribution in [0, 0.1) is 5.82 Å². The van der Waals surface area contributed by atoms with E-state index in [1.54, 1.807) is 30.0 Å². The molecule has 0 aliphatic heterocycles. The molecule has 3 nitrogen and oxygen atoms in total. The fourth-order valence-electron chi connectivity index (χ4n) is 2.75. The van der Waals surface area contributed by atoms with Crippen LogP contribution >= 0.6 is 23.1 Å². The molecule has 150 valence electrons. The molecule has 1 N–H and O–H groups in total. The van der Waals surface area contributed by atoms with Crippen molar-refractivity contribution in [2.75, 3.05) is 5.32 Å². The second kappa shape index (κ2) is 9.61. The molecule has 3 aromatic carbocycles. The maximum Gasteiger partial charge on any atom is 0.265 e. The second-order valence-corrected chi connectivity index (χ2v) is 8.46. The van der Waals surface area contributed by atoms with E-state index in [1.165, 1.54) is 23.5 Å². The van der Waals surface area contributed by atoms with Crippen LogP contribution in [0.3, 0.4) is 0 Å². The van der Waals surface area contributed by atoms with Crippen LogP contribution in [0.5, 0.6) is 5.75 Å².